The standard InChI is InChI=1S/C14H19F2NO/c1-3-11(10-6-7-17-8-10)18-12-5-4-9(2)13(15)14(12)16/h4-5,10-11,17H,3,6-8H2,1-2H3. The molecule has 1 saturated heterocycles. The first kappa shape index (κ1) is 13.3. The van der Waals surface area contributed by atoms with Crippen molar-refractivity contribution >= 4 is 0 Å². The lowest BCUT2D eigenvalue weighted by Crippen LogP contribution is -2.28. The van der Waals surface area contributed by atoms with E-state index in [4.69, 9.17) is 4.74 Å². The van der Waals surface area contributed by atoms with Crippen molar-refractivity contribution in [2.75, 3.05) is 13.1 Å². The number of nitrogens with one attached hydrogen (secondary N) is 1. The number of hydrogen-bond donors (Lipinski definition) is 1. The topological polar surface area (TPSA) is 21.3 Å². The molecular weight excluding hydrogens is 236 g/mol. The molecule has 0 spiro atoms. The monoisotopic (exact) mass is 255 g/mol. The summed E-state index contributed by atoms with van der Waals surface area (Å²) >= 11 is 0. The first-order valence-electron chi connectivity index (χ1n) is 6.45. The van der Waals surface area contributed by atoms with Crippen LogP contribution in [0.25, 0.3) is 0 Å². The van der Waals surface area contributed by atoms with Gasteiger partial charge >= 0.3 is 0 Å². The second kappa shape index (κ2) is 5.65. The number of halogens is 2. The number of benzene rings is 1. The lowest BCUT2D eigenvalue weighted by molar-refractivity contribution is 0.131. The minimum Gasteiger partial charge on any atom is -0.487 e. The van der Waals surface area contributed by atoms with Crippen LogP contribution in [0.15, 0.2) is 12.1 Å². The molecule has 100 valence electrons. The van der Waals surface area contributed by atoms with Gasteiger partial charge in [0.25, 0.3) is 0 Å². The minimum atomic E-state index is -0.876. The van der Waals surface area contributed by atoms with Crippen LogP contribution in [0.4, 0.5) is 8.78 Å². The number of aryl methyl sites for hydroxylation is 1. The molecule has 2 rings (SSSR count). The Morgan fingerprint density at radius 1 is 1.39 bits per heavy atom. The van der Waals surface area contributed by atoms with Crippen LogP contribution in [0, 0.1) is 24.5 Å². The molecule has 1 aromatic rings. The largest absolute Gasteiger partial charge is 0.487 e. The molecule has 0 radical (unpaired) electrons. The van der Waals surface area contributed by atoms with Gasteiger partial charge in [-0.05, 0) is 37.9 Å². The summed E-state index contributed by atoms with van der Waals surface area (Å²) in [5, 5.41) is 3.26. The van der Waals surface area contributed by atoms with E-state index >= 15 is 0 Å². The average Bonchev–Trinajstić information content (AvgIpc) is 2.89. The Hall–Kier alpha value is -1.16. The molecule has 1 fully saturated rings. The number of ether oxygens (including phenoxy) is 1. The normalized spacial score (nSPS) is 21.0. The maximum absolute atomic E-state index is 13.7. The van der Waals surface area contributed by atoms with Crippen LogP contribution >= 0.6 is 0 Å². The van der Waals surface area contributed by atoms with Gasteiger partial charge in [-0.2, -0.15) is 4.39 Å². The van der Waals surface area contributed by atoms with Gasteiger partial charge in [-0.25, -0.2) is 4.39 Å². The quantitative estimate of drug-likeness (QED) is 0.893. The fourth-order valence-electron chi connectivity index (χ4n) is 2.39. The Morgan fingerprint density at radius 3 is 2.78 bits per heavy atom. The molecule has 18 heavy (non-hydrogen) atoms. The van der Waals surface area contributed by atoms with Crippen molar-refractivity contribution in [1.29, 1.82) is 0 Å². The molecule has 1 N–H and O–H groups in total. The molecule has 1 heterocycles. The van der Waals surface area contributed by atoms with Gasteiger partial charge in [-0.1, -0.05) is 13.0 Å². The third-order valence-corrected chi connectivity index (χ3v) is 3.54. The molecule has 2 atom stereocenters. The van der Waals surface area contributed by atoms with E-state index in [1.165, 1.54) is 6.07 Å². The van der Waals surface area contributed by atoms with E-state index in [0.29, 0.717) is 11.5 Å². The van der Waals surface area contributed by atoms with Gasteiger partial charge in [0.15, 0.2) is 11.6 Å². The van der Waals surface area contributed by atoms with Crippen LogP contribution < -0.4 is 10.1 Å². The first-order valence-corrected chi connectivity index (χ1v) is 6.45. The summed E-state index contributed by atoms with van der Waals surface area (Å²) in [5.74, 6) is -1.29. The molecule has 1 aliphatic heterocycles. The zero-order valence-corrected chi connectivity index (χ0v) is 10.8. The Balaban J connectivity index is 2.14. The van der Waals surface area contributed by atoms with Gasteiger partial charge < -0.3 is 10.1 Å². The van der Waals surface area contributed by atoms with E-state index < -0.39 is 11.6 Å². The Bertz CT molecular complexity index is 417. The smallest absolute Gasteiger partial charge is 0.200 e. The molecule has 2 unspecified atom stereocenters. The van der Waals surface area contributed by atoms with Gasteiger partial charge in [0.1, 0.15) is 6.10 Å². The molecule has 0 aromatic heterocycles. The molecule has 0 bridgehead atoms. The SMILES string of the molecule is CCC(Oc1ccc(C)c(F)c1F)C1CCNC1. The van der Waals surface area contributed by atoms with E-state index in [-0.39, 0.29) is 11.9 Å². The lowest BCUT2D eigenvalue weighted by atomic mass is 9.99. The molecular formula is C14H19F2NO. The summed E-state index contributed by atoms with van der Waals surface area (Å²) in [6, 6.07) is 3.06. The van der Waals surface area contributed by atoms with Crippen molar-refractivity contribution in [3.63, 3.8) is 0 Å². The highest BCUT2D eigenvalue weighted by Crippen LogP contribution is 2.27. The molecule has 4 heteroatoms. The first-order chi connectivity index (χ1) is 8.63. The molecule has 1 aliphatic rings. The molecule has 0 aliphatic carbocycles. The van der Waals surface area contributed by atoms with Crippen LogP contribution in [0.1, 0.15) is 25.3 Å². The highest BCUT2D eigenvalue weighted by Gasteiger charge is 2.26. The maximum Gasteiger partial charge on any atom is 0.200 e. The highest BCUT2D eigenvalue weighted by molar-refractivity contribution is 5.30. The molecule has 0 amide bonds. The maximum atomic E-state index is 13.7. The van der Waals surface area contributed by atoms with Crippen molar-refractivity contribution in [3.05, 3.63) is 29.3 Å². The summed E-state index contributed by atoms with van der Waals surface area (Å²) in [7, 11) is 0. The highest BCUT2D eigenvalue weighted by atomic mass is 19.2. The van der Waals surface area contributed by atoms with Gasteiger partial charge in [0.2, 0.25) is 5.82 Å². The van der Waals surface area contributed by atoms with Gasteiger partial charge in [0.05, 0.1) is 0 Å². The van der Waals surface area contributed by atoms with Crippen LogP contribution in [0.5, 0.6) is 5.75 Å². The lowest BCUT2D eigenvalue weighted by Gasteiger charge is -2.23. The average molecular weight is 255 g/mol. The fraction of sp³-hybridized carbons (Fsp3) is 0.571. The zero-order chi connectivity index (χ0) is 13.1. The summed E-state index contributed by atoms with van der Waals surface area (Å²) < 4.78 is 32.8. The second-order valence-corrected chi connectivity index (χ2v) is 4.83. The minimum absolute atomic E-state index is 0.0249. The number of hydrogen-bond acceptors (Lipinski definition) is 2. The summed E-state index contributed by atoms with van der Waals surface area (Å²) in [5.41, 5.74) is 0.301. The van der Waals surface area contributed by atoms with Gasteiger partial charge in [0, 0.05) is 12.5 Å². The van der Waals surface area contributed by atoms with Crippen molar-refractivity contribution < 1.29 is 13.5 Å². The summed E-state index contributed by atoms with van der Waals surface area (Å²) in [6.45, 7) is 5.40. The Kier molecular flexibility index (Phi) is 4.17. The van der Waals surface area contributed by atoms with E-state index in [1.54, 1.807) is 13.0 Å². The molecule has 0 saturated carbocycles. The summed E-state index contributed by atoms with van der Waals surface area (Å²) in [6.07, 6.45) is 1.76. The fourth-order valence-corrected chi connectivity index (χ4v) is 2.39. The third kappa shape index (κ3) is 2.64. The van der Waals surface area contributed by atoms with Crippen LogP contribution in [0.3, 0.4) is 0 Å². The van der Waals surface area contributed by atoms with E-state index in [2.05, 4.69) is 5.32 Å². The van der Waals surface area contributed by atoms with Crippen molar-refractivity contribution in [2.45, 2.75) is 32.8 Å². The predicted molar refractivity (Wildman–Crippen MR) is 66.8 cm³/mol. The van der Waals surface area contributed by atoms with E-state index in [1.807, 2.05) is 6.92 Å². The molecule has 1 aromatic carbocycles. The third-order valence-electron chi connectivity index (χ3n) is 3.54. The Morgan fingerprint density at radius 2 is 2.17 bits per heavy atom. The second-order valence-electron chi connectivity index (χ2n) is 4.83. The van der Waals surface area contributed by atoms with E-state index in [0.717, 1.165) is 25.9 Å². The Labute approximate surface area is 106 Å². The van der Waals surface area contributed by atoms with Crippen molar-refractivity contribution in [2.24, 2.45) is 5.92 Å². The van der Waals surface area contributed by atoms with Crippen LogP contribution in [0.2, 0.25) is 0 Å². The molecule has 2 nitrogen and oxygen atoms in total. The van der Waals surface area contributed by atoms with Crippen molar-refractivity contribution in [3.8, 4) is 5.75 Å². The zero-order valence-electron chi connectivity index (χ0n) is 10.8. The van der Waals surface area contributed by atoms with Crippen LogP contribution in [-0.2, 0) is 0 Å². The van der Waals surface area contributed by atoms with Gasteiger partial charge in [-0.3, -0.25) is 0 Å². The van der Waals surface area contributed by atoms with Crippen LogP contribution in [-0.4, -0.2) is 19.2 Å². The predicted octanol–water partition coefficient (Wildman–Crippen LogP) is 3.04. The summed E-state index contributed by atoms with van der Waals surface area (Å²) in [4.78, 5) is 0. The van der Waals surface area contributed by atoms with E-state index in [9.17, 15) is 8.78 Å². The van der Waals surface area contributed by atoms with Crippen molar-refractivity contribution in [1.82, 2.24) is 5.32 Å². The van der Waals surface area contributed by atoms with Gasteiger partial charge in [-0.15, -0.1) is 0 Å². The number of rotatable bonds is 4.